The maximum atomic E-state index is 3.45. The molecule has 2 heteroatoms. The molecule has 0 bridgehead atoms. The van der Waals surface area contributed by atoms with Gasteiger partial charge < -0.3 is 10.2 Å². The van der Waals surface area contributed by atoms with Crippen molar-refractivity contribution in [1.29, 1.82) is 0 Å². The van der Waals surface area contributed by atoms with Gasteiger partial charge in [0.2, 0.25) is 0 Å². The maximum absolute atomic E-state index is 3.45. The summed E-state index contributed by atoms with van der Waals surface area (Å²) < 4.78 is 0. The first-order valence-electron chi connectivity index (χ1n) is 7.12. The minimum atomic E-state index is 0.559. The molecule has 0 spiro atoms. The number of hydrogen-bond acceptors (Lipinski definition) is 2. The third kappa shape index (κ3) is 2.86. The van der Waals surface area contributed by atoms with Crippen molar-refractivity contribution in [2.45, 2.75) is 33.2 Å². The van der Waals surface area contributed by atoms with E-state index in [1.54, 1.807) is 0 Å². The Kier molecular flexibility index (Phi) is 4.28. The van der Waals surface area contributed by atoms with E-state index in [4.69, 9.17) is 0 Å². The van der Waals surface area contributed by atoms with Crippen molar-refractivity contribution in [2.24, 2.45) is 11.8 Å². The van der Waals surface area contributed by atoms with Gasteiger partial charge in [-0.1, -0.05) is 39.0 Å². The molecule has 1 heterocycles. The molecule has 0 aromatic heterocycles. The van der Waals surface area contributed by atoms with E-state index in [-0.39, 0.29) is 0 Å². The molecule has 1 aromatic rings. The quantitative estimate of drug-likeness (QED) is 0.879. The standard InChI is InChI=1S/C16H26N2/c1-12(2)15(17-4)11-18-10-13(3)9-14-7-5-6-8-16(14)18/h5-8,12-13,15,17H,9-11H2,1-4H3. The summed E-state index contributed by atoms with van der Waals surface area (Å²) in [5.41, 5.74) is 2.95. The minimum Gasteiger partial charge on any atom is -0.369 e. The number of anilines is 1. The van der Waals surface area contributed by atoms with Crippen LogP contribution in [-0.4, -0.2) is 26.2 Å². The molecule has 18 heavy (non-hydrogen) atoms. The first-order chi connectivity index (χ1) is 8.61. The van der Waals surface area contributed by atoms with E-state index >= 15 is 0 Å². The van der Waals surface area contributed by atoms with E-state index in [1.165, 1.54) is 24.2 Å². The summed E-state index contributed by atoms with van der Waals surface area (Å²) in [4.78, 5) is 2.56. The molecule has 2 nitrogen and oxygen atoms in total. The lowest BCUT2D eigenvalue weighted by Crippen LogP contribution is -2.46. The third-order valence-electron chi connectivity index (χ3n) is 4.03. The number of likely N-dealkylation sites (N-methyl/N-ethyl adjacent to an activating group) is 1. The van der Waals surface area contributed by atoms with Crippen molar-refractivity contribution >= 4 is 5.69 Å². The molecule has 0 fully saturated rings. The molecule has 0 radical (unpaired) electrons. The first-order valence-corrected chi connectivity index (χ1v) is 7.12. The number of rotatable bonds is 4. The monoisotopic (exact) mass is 246 g/mol. The molecule has 0 amide bonds. The second-order valence-corrected chi connectivity index (χ2v) is 5.98. The largest absolute Gasteiger partial charge is 0.369 e. The number of nitrogens with one attached hydrogen (secondary N) is 1. The van der Waals surface area contributed by atoms with Gasteiger partial charge in [-0.15, -0.1) is 0 Å². The van der Waals surface area contributed by atoms with Gasteiger partial charge in [0.15, 0.2) is 0 Å². The highest BCUT2D eigenvalue weighted by atomic mass is 15.2. The van der Waals surface area contributed by atoms with E-state index in [1.807, 2.05) is 0 Å². The van der Waals surface area contributed by atoms with Crippen molar-refractivity contribution in [1.82, 2.24) is 5.32 Å². The predicted molar refractivity (Wildman–Crippen MR) is 79.2 cm³/mol. The highest BCUT2D eigenvalue weighted by Crippen LogP contribution is 2.29. The second-order valence-electron chi connectivity index (χ2n) is 5.98. The molecule has 0 aliphatic carbocycles. The molecule has 1 N–H and O–H groups in total. The summed E-state index contributed by atoms with van der Waals surface area (Å²) in [6, 6.07) is 9.43. The normalized spacial score (nSPS) is 20.9. The van der Waals surface area contributed by atoms with Crippen LogP contribution in [-0.2, 0) is 6.42 Å². The summed E-state index contributed by atoms with van der Waals surface area (Å²) in [5, 5.41) is 3.45. The molecule has 1 aliphatic heterocycles. The number of hydrogen-bond donors (Lipinski definition) is 1. The van der Waals surface area contributed by atoms with E-state index in [0.29, 0.717) is 12.0 Å². The summed E-state index contributed by atoms with van der Waals surface area (Å²) in [6.07, 6.45) is 1.22. The van der Waals surface area contributed by atoms with E-state index in [0.717, 1.165) is 12.5 Å². The summed E-state index contributed by atoms with van der Waals surface area (Å²) in [5.74, 6) is 1.42. The van der Waals surface area contributed by atoms with Crippen molar-refractivity contribution in [2.75, 3.05) is 25.0 Å². The van der Waals surface area contributed by atoms with Gasteiger partial charge in [0, 0.05) is 24.8 Å². The fraction of sp³-hybridized carbons (Fsp3) is 0.625. The van der Waals surface area contributed by atoms with Crippen LogP contribution < -0.4 is 10.2 Å². The van der Waals surface area contributed by atoms with Crippen molar-refractivity contribution < 1.29 is 0 Å². The average molecular weight is 246 g/mol. The zero-order valence-corrected chi connectivity index (χ0v) is 12.1. The van der Waals surface area contributed by atoms with E-state index in [9.17, 15) is 0 Å². The van der Waals surface area contributed by atoms with Crippen LogP contribution in [0.3, 0.4) is 0 Å². The highest BCUT2D eigenvalue weighted by Gasteiger charge is 2.24. The van der Waals surface area contributed by atoms with E-state index in [2.05, 4.69) is 62.3 Å². The Morgan fingerprint density at radius 2 is 2.06 bits per heavy atom. The fourth-order valence-corrected chi connectivity index (χ4v) is 2.95. The number of para-hydroxylation sites is 1. The Morgan fingerprint density at radius 3 is 2.72 bits per heavy atom. The zero-order valence-electron chi connectivity index (χ0n) is 12.1. The molecule has 2 rings (SSSR count). The number of fused-ring (bicyclic) bond motifs is 1. The SMILES string of the molecule is CNC(CN1CC(C)Cc2ccccc21)C(C)C. The van der Waals surface area contributed by atoms with Gasteiger partial charge >= 0.3 is 0 Å². The maximum Gasteiger partial charge on any atom is 0.0399 e. The molecule has 1 aliphatic rings. The Balaban J connectivity index is 2.18. The second kappa shape index (κ2) is 5.75. The average Bonchev–Trinajstić information content (AvgIpc) is 2.35. The molecule has 0 saturated heterocycles. The van der Waals surface area contributed by atoms with Crippen molar-refractivity contribution in [3.63, 3.8) is 0 Å². The summed E-state index contributed by atoms with van der Waals surface area (Å²) >= 11 is 0. The van der Waals surface area contributed by atoms with Gasteiger partial charge in [-0.3, -0.25) is 0 Å². The van der Waals surface area contributed by atoms with Crippen LogP contribution in [0.2, 0.25) is 0 Å². The fourth-order valence-electron chi connectivity index (χ4n) is 2.95. The Hall–Kier alpha value is -1.02. The van der Waals surface area contributed by atoms with Crippen molar-refractivity contribution in [3.8, 4) is 0 Å². The zero-order chi connectivity index (χ0) is 13.1. The van der Waals surface area contributed by atoms with Gasteiger partial charge in [0.25, 0.3) is 0 Å². The van der Waals surface area contributed by atoms with Gasteiger partial charge in [0.05, 0.1) is 0 Å². The Labute approximate surface area is 111 Å². The molecular formula is C16H26N2. The molecule has 0 saturated carbocycles. The molecule has 1 aromatic carbocycles. The van der Waals surface area contributed by atoms with Crippen molar-refractivity contribution in [3.05, 3.63) is 29.8 Å². The lowest BCUT2D eigenvalue weighted by atomic mass is 9.92. The predicted octanol–water partition coefficient (Wildman–Crippen LogP) is 2.93. The highest BCUT2D eigenvalue weighted by molar-refractivity contribution is 5.55. The van der Waals surface area contributed by atoms with Crippen LogP contribution >= 0.6 is 0 Å². The van der Waals surface area contributed by atoms with Gasteiger partial charge in [-0.05, 0) is 36.9 Å². The van der Waals surface area contributed by atoms with Crippen LogP contribution in [0, 0.1) is 11.8 Å². The van der Waals surface area contributed by atoms with E-state index < -0.39 is 0 Å². The molecule has 100 valence electrons. The lowest BCUT2D eigenvalue weighted by molar-refractivity contribution is 0.407. The van der Waals surface area contributed by atoms with Crippen LogP contribution in [0.15, 0.2) is 24.3 Å². The molecule has 2 unspecified atom stereocenters. The van der Waals surface area contributed by atoms with Gasteiger partial charge in [-0.25, -0.2) is 0 Å². The van der Waals surface area contributed by atoms with Crippen LogP contribution in [0.1, 0.15) is 26.3 Å². The Morgan fingerprint density at radius 1 is 1.33 bits per heavy atom. The number of benzene rings is 1. The molecule has 2 atom stereocenters. The van der Waals surface area contributed by atoms with Crippen LogP contribution in [0.25, 0.3) is 0 Å². The topological polar surface area (TPSA) is 15.3 Å². The lowest BCUT2D eigenvalue weighted by Gasteiger charge is -2.38. The Bertz CT molecular complexity index is 386. The smallest absolute Gasteiger partial charge is 0.0399 e. The minimum absolute atomic E-state index is 0.559. The summed E-state index contributed by atoms with van der Waals surface area (Å²) in [6.45, 7) is 9.23. The third-order valence-corrected chi connectivity index (χ3v) is 4.03. The van der Waals surface area contributed by atoms with Gasteiger partial charge in [0.1, 0.15) is 0 Å². The number of nitrogens with zero attached hydrogens (tertiary/aromatic N) is 1. The van der Waals surface area contributed by atoms with Gasteiger partial charge in [-0.2, -0.15) is 0 Å². The molecular weight excluding hydrogens is 220 g/mol. The summed E-state index contributed by atoms with van der Waals surface area (Å²) in [7, 11) is 2.07. The van der Waals surface area contributed by atoms with Crippen LogP contribution in [0.4, 0.5) is 5.69 Å². The first kappa shape index (κ1) is 13.4. The van der Waals surface area contributed by atoms with Crippen LogP contribution in [0.5, 0.6) is 0 Å².